The summed E-state index contributed by atoms with van der Waals surface area (Å²) in [4.78, 5) is 8.91. The molecule has 0 atom stereocenters. The summed E-state index contributed by atoms with van der Waals surface area (Å²) in [6.45, 7) is 1.73. The van der Waals surface area contributed by atoms with Crippen molar-refractivity contribution in [3.63, 3.8) is 0 Å². The third-order valence-electron chi connectivity index (χ3n) is 4.91. The van der Waals surface area contributed by atoms with E-state index in [2.05, 4.69) is 31.1 Å². The Bertz CT molecular complexity index is 1200. The van der Waals surface area contributed by atoms with Gasteiger partial charge in [-0.1, -0.05) is 33.2 Å². The van der Waals surface area contributed by atoms with Gasteiger partial charge in [-0.3, -0.25) is 0 Å². The van der Waals surface area contributed by atoms with Crippen LogP contribution >= 0.6 is 15.9 Å². The molecule has 0 aliphatic rings. The fourth-order valence-corrected chi connectivity index (χ4v) is 3.54. The molecule has 2 aromatic heterocycles. The molecule has 0 bridgehead atoms. The number of fused-ring (bicyclic) bond motifs is 1. The molecule has 0 aliphatic carbocycles. The molecule has 0 radical (unpaired) electrons. The van der Waals surface area contributed by atoms with Gasteiger partial charge in [-0.2, -0.15) is 0 Å². The third kappa shape index (κ3) is 5.87. The van der Waals surface area contributed by atoms with Gasteiger partial charge in [-0.15, -0.1) is 0 Å². The number of hydrogen-bond donors (Lipinski definition) is 0. The molecular weight excluding hydrogens is 490 g/mol. The van der Waals surface area contributed by atoms with Crippen LogP contribution in [0.3, 0.4) is 0 Å². The number of rotatable bonds is 11. The Morgan fingerprint density at radius 2 is 1.55 bits per heavy atom. The lowest BCUT2D eigenvalue weighted by Gasteiger charge is -2.14. The van der Waals surface area contributed by atoms with Crippen LogP contribution in [0.1, 0.15) is 11.5 Å². The van der Waals surface area contributed by atoms with Gasteiger partial charge in [0.1, 0.15) is 31.0 Å². The van der Waals surface area contributed by atoms with Crippen molar-refractivity contribution < 1.29 is 23.5 Å². The lowest BCUT2D eigenvalue weighted by molar-refractivity contribution is 0.132. The Kier molecular flexibility index (Phi) is 7.87. The van der Waals surface area contributed by atoms with Gasteiger partial charge in [0.2, 0.25) is 0 Å². The van der Waals surface area contributed by atoms with Crippen molar-refractivity contribution in [3.05, 3.63) is 64.7 Å². The van der Waals surface area contributed by atoms with Crippen molar-refractivity contribution in [1.29, 1.82) is 0 Å². The largest absolute Gasteiger partial charge is 0.487 e. The Hall–Kier alpha value is -3.01. The first-order chi connectivity index (χ1) is 16.2. The number of methoxy groups -OCH3 is 2. The van der Waals surface area contributed by atoms with Crippen LogP contribution in [0.25, 0.3) is 22.2 Å². The van der Waals surface area contributed by atoms with E-state index < -0.39 is 0 Å². The van der Waals surface area contributed by atoms with Crippen LogP contribution in [-0.4, -0.2) is 55.8 Å². The molecule has 0 fully saturated rings. The molecule has 4 aromatic rings. The van der Waals surface area contributed by atoms with Gasteiger partial charge in [0.15, 0.2) is 11.5 Å². The standard InChI is InChI=1S/C24H24BrN3O5/c1-29-7-9-31-23-13-19-21(26-15-27-22(19)14-24(23)32-10-8-30-2)12-18-11-20(28-33-18)16-3-5-17(25)6-4-16/h3-6,11,13-15H,7-10,12H2,1-2H3. The molecule has 0 saturated heterocycles. The molecule has 172 valence electrons. The second-order valence-corrected chi connectivity index (χ2v) is 8.10. The number of nitrogens with zero attached hydrogens (tertiary/aromatic N) is 3. The Balaban J connectivity index is 1.62. The highest BCUT2D eigenvalue weighted by Gasteiger charge is 2.15. The fraction of sp³-hybridized carbons (Fsp3) is 0.292. The van der Waals surface area contributed by atoms with Crippen LogP contribution in [0.5, 0.6) is 11.5 Å². The summed E-state index contributed by atoms with van der Waals surface area (Å²) in [6, 6.07) is 13.6. The number of benzene rings is 2. The fourth-order valence-electron chi connectivity index (χ4n) is 3.27. The summed E-state index contributed by atoms with van der Waals surface area (Å²) in [5.41, 5.74) is 3.30. The SMILES string of the molecule is COCCOc1cc2ncnc(Cc3cc(-c4ccc(Br)cc4)no3)c2cc1OCCOC. The molecule has 9 heteroatoms. The monoisotopic (exact) mass is 513 g/mol. The quantitative estimate of drug-likeness (QED) is 0.267. The molecule has 2 heterocycles. The minimum absolute atomic E-state index is 0.393. The molecule has 0 N–H and O–H groups in total. The van der Waals surface area contributed by atoms with Crippen LogP contribution in [0.15, 0.2) is 57.8 Å². The number of ether oxygens (including phenoxy) is 4. The van der Waals surface area contributed by atoms with Gasteiger partial charge in [-0.05, 0) is 18.2 Å². The predicted molar refractivity (Wildman–Crippen MR) is 127 cm³/mol. The zero-order valence-corrected chi connectivity index (χ0v) is 20.0. The van der Waals surface area contributed by atoms with E-state index in [0.29, 0.717) is 50.1 Å². The first kappa shape index (κ1) is 23.2. The lowest BCUT2D eigenvalue weighted by Crippen LogP contribution is -2.09. The topological polar surface area (TPSA) is 88.7 Å². The van der Waals surface area contributed by atoms with E-state index in [0.717, 1.165) is 32.3 Å². The second-order valence-electron chi connectivity index (χ2n) is 7.18. The molecule has 8 nitrogen and oxygen atoms in total. The van der Waals surface area contributed by atoms with Gasteiger partial charge in [0.25, 0.3) is 0 Å². The number of hydrogen-bond acceptors (Lipinski definition) is 8. The Morgan fingerprint density at radius 3 is 2.24 bits per heavy atom. The second kappa shape index (κ2) is 11.2. The zero-order valence-electron chi connectivity index (χ0n) is 18.4. The van der Waals surface area contributed by atoms with Gasteiger partial charge < -0.3 is 23.5 Å². The van der Waals surface area contributed by atoms with E-state index in [1.54, 1.807) is 14.2 Å². The van der Waals surface area contributed by atoms with Crippen LogP contribution < -0.4 is 9.47 Å². The molecule has 33 heavy (non-hydrogen) atoms. The minimum Gasteiger partial charge on any atom is -0.487 e. The number of halogens is 1. The minimum atomic E-state index is 0.393. The van der Waals surface area contributed by atoms with Crippen molar-refractivity contribution >= 4 is 26.8 Å². The van der Waals surface area contributed by atoms with E-state index in [1.807, 2.05) is 42.5 Å². The van der Waals surface area contributed by atoms with Crippen molar-refractivity contribution in [1.82, 2.24) is 15.1 Å². The highest BCUT2D eigenvalue weighted by molar-refractivity contribution is 9.10. The predicted octanol–water partition coefficient (Wildman–Crippen LogP) is 4.69. The highest BCUT2D eigenvalue weighted by Crippen LogP contribution is 2.33. The Labute approximate surface area is 200 Å². The van der Waals surface area contributed by atoms with Gasteiger partial charge in [-0.25, -0.2) is 9.97 Å². The molecule has 2 aromatic carbocycles. The van der Waals surface area contributed by atoms with Crippen molar-refractivity contribution in [2.45, 2.75) is 6.42 Å². The summed E-state index contributed by atoms with van der Waals surface area (Å²) in [5, 5.41) is 5.06. The third-order valence-corrected chi connectivity index (χ3v) is 5.44. The van der Waals surface area contributed by atoms with Gasteiger partial charge >= 0.3 is 0 Å². The summed E-state index contributed by atoms with van der Waals surface area (Å²) in [5.74, 6) is 1.90. The normalized spacial score (nSPS) is 11.1. The molecule has 0 spiro atoms. The Morgan fingerprint density at radius 1 is 0.848 bits per heavy atom. The van der Waals surface area contributed by atoms with E-state index in [-0.39, 0.29) is 0 Å². The van der Waals surface area contributed by atoms with Gasteiger partial charge in [0.05, 0.1) is 30.8 Å². The smallest absolute Gasteiger partial charge is 0.163 e. The maximum atomic E-state index is 5.91. The average molecular weight is 514 g/mol. The molecule has 4 rings (SSSR count). The first-order valence-electron chi connectivity index (χ1n) is 10.4. The maximum Gasteiger partial charge on any atom is 0.163 e. The first-order valence-corrected chi connectivity index (χ1v) is 11.2. The highest BCUT2D eigenvalue weighted by atomic mass is 79.9. The van der Waals surface area contributed by atoms with Crippen LogP contribution in [0, 0.1) is 0 Å². The summed E-state index contributed by atoms with van der Waals surface area (Å²) in [7, 11) is 3.26. The average Bonchev–Trinajstić information content (AvgIpc) is 3.29. The summed E-state index contributed by atoms with van der Waals surface area (Å²) < 4.78 is 28.6. The van der Waals surface area contributed by atoms with E-state index in [9.17, 15) is 0 Å². The van der Waals surface area contributed by atoms with Crippen LogP contribution in [0.4, 0.5) is 0 Å². The molecule has 0 saturated carbocycles. The molecule has 0 unspecified atom stereocenters. The molecule has 0 amide bonds. The maximum absolute atomic E-state index is 5.91. The van der Waals surface area contributed by atoms with Gasteiger partial charge in [0, 0.05) is 41.8 Å². The zero-order chi connectivity index (χ0) is 23.0. The van der Waals surface area contributed by atoms with E-state index in [4.69, 9.17) is 23.5 Å². The van der Waals surface area contributed by atoms with Crippen molar-refractivity contribution in [2.24, 2.45) is 0 Å². The summed E-state index contributed by atoms with van der Waals surface area (Å²) in [6.07, 6.45) is 2.00. The van der Waals surface area contributed by atoms with E-state index >= 15 is 0 Å². The van der Waals surface area contributed by atoms with Crippen molar-refractivity contribution in [3.8, 4) is 22.8 Å². The summed E-state index contributed by atoms with van der Waals surface area (Å²) >= 11 is 3.45. The molecule has 0 aliphatic heterocycles. The lowest BCUT2D eigenvalue weighted by atomic mass is 10.1. The van der Waals surface area contributed by atoms with Crippen LogP contribution in [-0.2, 0) is 15.9 Å². The van der Waals surface area contributed by atoms with E-state index in [1.165, 1.54) is 6.33 Å². The number of aromatic nitrogens is 3. The van der Waals surface area contributed by atoms with Crippen molar-refractivity contribution in [2.75, 3.05) is 40.6 Å². The van der Waals surface area contributed by atoms with Crippen LogP contribution in [0.2, 0.25) is 0 Å². The molecular formula is C24H24BrN3O5.